The lowest BCUT2D eigenvalue weighted by Gasteiger charge is -2.25. The van der Waals surface area contributed by atoms with Crippen molar-refractivity contribution in [1.82, 2.24) is 0 Å². The molecule has 0 saturated carbocycles. The summed E-state index contributed by atoms with van der Waals surface area (Å²) in [7, 11) is 0. The molecule has 1 heteroatoms. The molecule has 0 fully saturated rings. The summed E-state index contributed by atoms with van der Waals surface area (Å²) in [5.74, 6) is 0. The van der Waals surface area contributed by atoms with Gasteiger partial charge in [-0.3, -0.25) is 0 Å². The fourth-order valence-electron chi connectivity index (χ4n) is 4.59. The minimum absolute atomic E-state index is 0.864. The first kappa shape index (κ1) is 24.3. The zero-order valence-electron chi connectivity index (χ0n) is 21.6. The van der Waals surface area contributed by atoms with Gasteiger partial charge in [-0.15, -0.1) is 0 Å². The van der Waals surface area contributed by atoms with Crippen LogP contribution in [0.3, 0.4) is 0 Å². The van der Waals surface area contributed by atoms with Crippen LogP contribution in [0.1, 0.15) is 38.9 Å². The molecule has 0 N–H and O–H groups in total. The van der Waals surface area contributed by atoms with Crippen LogP contribution >= 0.6 is 0 Å². The van der Waals surface area contributed by atoms with Crippen LogP contribution in [0.4, 0.5) is 5.69 Å². The molecule has 0 aliphatic rings. The lowest BCUT2D eigenvalue weighted by atomic mass is 9.94. The van der Waals surface area contributed by atoms with Gasteiger partial charge in [-0.25, -0.2) is 0 Å². The minimum atomic E-state index is 0.864. The predicted octanol–water partition coefficient (Wildman–Crippen LogP) is 9.10. The van der Waals surface area contributed by atoms with Crippen molar-refractivity contribution in [1.29, 1.82) is 0 Å². The summed E-state index contributed by atoms with van der Waals surface area (Å²) in [6, 6.07) is 48.0. The maximum atomic E-state index is 2.44. The lowest BCUT2D eigenvalue weighted by Crippen LogP contribution is -2.22. The Morgan fingerprint density at radius 3 is 1.38 bits per heavy atom. The number of nitrogens with zero attached hydrogens (tertiary/aromatic N) is 1. The summed E-state index contributed by atoms with van der Waals surface area (Å²) in [4.78, 5) is 2.44. The van der Waals surface area contributed by atoms with Gasteiger partial charge in [0, 0.05) is 18.8 Å². The summed E-state index contributed by atoms with van der Waals surface area (Å²) in [5.41, 5.74) is 11.3. The number of hydrogen-bond acceptors (Lipinski definition) is 1. The van der Waals surface area contributed by atoms with Crippen LogP contribution in [0.2, 0.25) is 0 Å². The molecule has 0 unspecified atom stereocenters. The molecule has 0 aliphatic carbocycles. The van der Waals surface area contributed by atoms with Crippen LogP contribution in [-0.2, 0) is 13.1 Å². The molecule has 5 aromatic rings. The highest BCUT2D eigenvalue weighted by molar-refractivity contribution is 5.91. The third-order valence-electron chi connectivity index (χ3n) is 6.73. The van der Waals surface area contributed by atoms with E-state index < -0.39 is 0 Å². The monoisotopic (exact) mass is 479 g/mol. The summed E-state index contributed by atoms with van der Waals surface area (Å²) < 4.78 is 0. The van der Waals surface area contributed by atoms with E-state index in [0.29, 0.717) is 0 Å². The van der Waals surface area contributed by atoms with Crippen molar-refractivity contribution < 1.29 is 0 Å². The number of anilines is 1. The van der Waals surface area contributed by atoms with Gasteiger partial charge < -0.3 is 4.90 Å². The van der Waals surface area contributed by atoms with E-state index in [1.165, 1.54) is 50.2 Å². The Morgan fingerprint density at radius 2 is 0.946 bits per heavy atom. The molecule has 0 saturated heterocycles. The molecule has 5 aromatic carbocycles. The number of hydrogen-bond donors (Lipinski definition) is 0. The topological polar surface area (TPSA) is 3.24 Å². The van der Waals surface area contributed by atoms with E-state index in [2.05, 4.69) is 158 Å². The third kappa shape index (κ3) is 6.45. The SMILES string of the molecule is Cc1ccc(C(=Cc2ccc(N(Cc3ccccc3)Cc3ccccc3)cc2)c2ccc(C)cc2)cc1. The van der Waals surface area contributed by atoms with E-state index in [0.717, 1.165) is 13.1 Å². The molecule has 0 radical (unpaired) electrons. The molecule has 0 heterocycles. The van der Waals surface area contributed by atoms with Gasteiger partial charge >= 0.3 is 0 Å². The van der Waals surface area contributed by atoms with Crippen LogP contribution in [0, 0.1) is 13.8 Å². The summed E-state index contributed by atoms with van der Waals surface area (Å²) in [6.45, 7) is 5.99. The summed E-state index contributed by atoms with van der Waals surface area (Å²) in [6.07, 6.45) is 2.30. The first-order chi connectivity index (χ1) is 18.1. The Labute approximate surface area is 221 Å². The highest BCUT2D eigenvalue weighted by atomic mass is 15.1. The highest BCUT2D eigenvalue weighted by Gasteiger charge is 2.10. The van der Waals surface area contributed by atoms with Crippen LogP contribution in [0.15, 0.2) is 133 Å². The molecule has 0 aromatic heterocycles. The van der Waals surface area contributed by atoms with E-state index in [-0.39, 0.29) is 0 Å². The average molecular weight is 480 g/mol. The summed E-state index contributed by atoms with van der Waals surface area (Å²) in [5, 5.41) is 0. The first-order valence-electron chi connectivity index (χ1n) is 12.9. The van der Waals surface area contributed by atoms with Crippen molar-refractivity contribution >= 4 is 17.3 Å². The number of aryl methyl sites for hydroxylation is 2. The standard InChI is InChI=1S/C36H33N/c1-28-13-19-33(20-14-28)36(34-21-15-29(2)16-22-34)25-30-17-23-35(24-18-30)37(26-31-9-5-3-6-10-31)27-32-11-7-4-8-12-32/h3-25H,26-27H2,1-2H3. The molecule has 0 bridgehead atoms. The maximum absolute atomic E-state index is 2.44. The first-order valence-corrected chi connectivity index (χ1v) is 12.9. The van der Waals surface area contributed by atoms with Gasteiger partial charge in [0.05, 0.1) is 0 Å². The molecular formula is C36H33N. The molecule has 182 valence electrons. The van der Waals surface area contributed by atoms with Crippen LogP contribution in [0.5, 0.6) is 0 Å². The van der Waals surface area contributed by atoms with Gasteiger partial charge in [0.1, 0.15) is 0 Å². The Morgan fingerprint density at radius 1 is 0.514 bits per heavy atom. The van der Waals surface area contributed by atoms with Gasteiger partial charge in [-0.2, -0.15) is 0 Å². The van der Waals surface area contributed by atoms with Gasteiger partial charge in [0.25, 0.3) is 0 Å². The molecule has 0 amide bonds. The zero-order valence-corrected chi connectivity index (χ0v) is 21.6. The average Bonchev–Trinajstić information content (AvgIpc) is 2.94. The Bertz CT molecular complexity index is 1340. The predicted molar refractivity (Wildman–Crippen MR) is 159 cm³/mol. The van der Waals surface area contributed by atoms with Gasteiger partial charge in [-0.1, -0.05) is 132 Å². The maximum Gasteiger partial charge on any atom is 0.0433 e. The van der Waals surface area contributed by atoms with E-state index in [1.54, 1.807) is 0 Å². The van der Waals surface area contributed by atoms with E-state index >= 15 is 0 Å². The van der Waals surface area contributed by atoms with Crippen molar-refractivity contribution in [2.75, 3.05) is 4.90 Å². The van der Waals surface area contributed by atoms with E-state index in [9.17, 15) is 0 Å². The van der Waals surface area contributed by atoms with E-state index in [1.807, 2.05) is 0 Å². The van der Waals surface area contributed by atoms with E-state index in [4.69, 9.17) is 0 Å². The van der Waals surface area contributed by atoms with Crippen molar-refractivity contribution in [3.05, 3.63) is 172 Å². The number of rotatable bonds is 8. The third-order valence-corrected chi connectivity index (χ3v) is 6.73. The molecular weight excluding hydrogens is 446 g/mol. The van der Waals surface area contributed by atoms with Crippen molar-refractivity contribution in [2.24, 2.45) is 0 Å². The Kier molecular flexibility index (Phi) is 7.62. The van der Waals surface area contributed by atoms with Gasteiger partial charge in [0.15, 0.2) is 0 Å². The molecule has 5 rings (SSSR count). The van der Waals surface area contributed by atoms with Crippen molar-refractivity contribution in [2.45, 2.75) is 26.9 Å². The molecule has 0 aliphatic heterocycles. The smallest absolute Gasteiger partial charge is 0.0433 e. The number of benzene rings is 5. The molecule has 0 atom stereocenters. The minimum Gasteiger partial charge on any atom is -0.363 e. The van der Waals surface area contributed by atoms with Crippen LogP contribution in [-0.4, -0.2) is 0 Å². The van der Waals surface area contributed by atoms with Crippen LogP contribution < -0.4 is 4.90 Å². The summed E-state index contributed by atoms with van der Waals surface area (Å²) >= 11 is 0. The fourth-order valence-corrected chi connectivity index (χ4v) is 4.59. The lowest BCUT2D eigenvalue weighted by molar-refractivity contribution is 0.800. The second-order valence-electron chi connectivity index (χ2n) is 9.71. The Balaban J connectivity index is 1.47. The second-order valence-corrected chi connectivity index (χ2v) is 9.71. The highest BCUT2D eigenvalue weighted by Crippen LogP contribution is 2.28. The van der Waals surface area contributed by atoms with Crippen LogP contribution in [0.25, 0.3) is 11.6 Å². The Hall–Kier alpha value is -4.36. The van der Waals surface area contributed by atoms with Gasteiger partial charge in [-0.05, 0) is 65.4 Å². The second kappa shape index (κ2) is 11.6. The molecule has 0 spiro atoms. The molecule has 37 heavy (non-hydrogen) atoms. The molecule has 1 nitrogen and oxygen atoms in total. The fraction of sp³-hybridized carbons (Fsp3) is 0.111. The van der Waals surface area contributed by atoms with Crippen molar-refractivity contribution in [3.8, 4) is 0 Å². The van der Waals surface area contributed by atoms with Gasteiger partial charge in [0.2, 0.25) is 0 Å². The van der Waals surface area contributed by atoms with Crippen molar-refractivity contribution in [3.63, 3.8) is 0 Å². The largest absolute Gasteiger partial charge is 0.363 e. The normalized spacial score (nSPS) is 10.6. The zero-order chi connectivity index (χ0) is 25.5. The quantitative estimate of drug-likeness (QED) is 0.201.